The monoisotopic (exact) mass is 411 g/mol. The Kier molecular flexibility index (Phi) is 5.22. The molecule has 1 aromatic heterocycles. The minimum atomic E-state index is -1.05. The second kappa shape index (κ2) is 7.33. The van der Waals surface area contributed by atoms with E-state index in [-0.39, 0.29) is 29.5 Å². The predicted molar refractivity (Wildman–Crippen MR) is 96.5 cm³/mol. The molecule has 0 saturated heterocycles. The van der Waals surface area contributed by atoms with Gasteiger partial charge in [-0.05, 0) is 19.4 Å². The van der Waals surface area contributed by atoms with E-state index in [9.17, 15) is 28.3 Å². The van der Waals surface area contributed by atoms with Crippen molar-refractivity contribution in [3.05, 3.63) is 61.5 Å². The van der Waals surface area contributed by atoms with E-state index in [4.69, 9.17) is 17.3 Å². The summed E-state index contributed by atoms with van der Waals surface area (Å²) in [7, 11) is 0. The standard InChI is InChI=1S/C18H16ClF2N3O4/c1-7-4-10(22)15-12(17(27)16(26)11(6-25)24(7)15)18(28)23-5-8-2-3-9(20)13(19)14(8)21/h2-3,6-7,10,26H,4-5,22H2,1H3,(H,23,28)/t7-,10-/m0/s1. The third-order valence-corrected chi connectivity index (χ3v) is 5.09. The number of nitrogens with one attached hydrogen (secondary N) is 1. The average Bonchev–Trinajstić information content (AvgIpc) is 2.94. The normalized spacial score (nSPS) is 18.0. The quantitative estimate of drug-likeness (QED) is 0.527. The summed E-state index contributed by atoms with van der Waals surface area (Å²) in [6.45, 7) is 1.34. The first kappa shape index (κ1) is 20.0. The van der Waals surface area contributed by atoms with Gasteiger partial charge in [0.1, 0.15) is 27.9 Å². The number of aromatic hydroxyl groups is 1. The Labute approximate surface area is 162 Å². The molecule has 1 amide bonds. The van der Waals surface area contributed by atoms with Crippen LogP contribution >= 0.6 is 11.6 Å². The molecule has 3 rings (SSSR count). The topological polar surface area (TPSA) is 114 Å². The zero-order valence-electron chi connectivity index (χ0n) is 14.6. The molecular weight excluding hydrogens is 396 g/mol. The van der Waals surface area contributed by atoms with Gasteiger partial charge in [-0.15, -0.1) is 0 Å². The number of nitrogens with two attached hydrogens (primary N) is 1. The zero-order chi connectivity index (χ0) is 20.7. The van der Waals surface area contributed by atoms with Crippen LogP contribution in [-0.2, 0) is 6.54 Å². The van der Waals surface area contributed by atoms with E-state index in [1.165, 1.54) is 4.57 Å². The van der Waals surface area contributed by atoms with Gasteiger partial charge >= 0.3 is 0 Å². The smallest absolute Gasteiger partial charge is 0.257 e. The molecular formula is C18H16ClF2N3O4. The fourth-order valence-corrected chi connectivity index (χ4v) is 3.62. The molecule has 1 aliphatic rings. The molecule has 0 radical (unpaired) electrons. The number of hydrogen-bond donors (Lipinski definition) is 3. The molecule has 2 atom stereocenters. The highest BCUT2D eigenvalue weighted by Gasteiger charge is 2.35. The number of amides is 1. The Morgan fingerprint density at radius 2 is 2.14 bits per heavy atom. The molecule has 0 unspecified atom stereocenters. The number of rotatable bonds is 4. The van der Waals surface area contributed by atoms with Crippen molar-refractivity contribution in [3.8, 4) is 5.75 Å². The molecule has 2 heterocycles. The summed E-state index contributed by atoms with van der Waals surface area (Å²) in [5.74, 6) is -3.75. The first-order chi connectivity index (χ1) is 13.2. The van der Waals surface area contributed by atoms with Crippen LogP contribution in [0.2, 0.25) is 5.02 Å². The van der Waals surface area contributed by atoms with E-state index in [2.05, 4.69) is 5.32 Å². The van der Waals surface area contributed by atoms with Gasteiger partial charge in [0.2, 0.25) is 5.43 Å². The predicted octanol–water partition coefficient (Wildman–Crippen LogP) is 2.19. The molecule has 0 bridgehead atoms. The number of fused-ring (bicyclic) bond motifs is 1. The van der Waals surface area contributed by atoms with Crippen LogP contribution in [0, 0.1) is 11.6 Å². The summed E-state index contributed by atoms with van der Waals surface area (Å²) in [6.07, 6.45) is 0.679. The summed E-state index contributed by atoms with van der Waals surface area (Å²) >= 11 is 5.51. The molecule has 2 aromatic rings. The number of carbonyl (C=O) groups is 2. The molecule has 0 spiro atoms. The highest BCUT2D eigenvalue weighted by molar-refractivity contribution is 6.30. The Morgan fingerprint density at radius 1 is 1.46 bits per heavy atom. The van der Waals surface area contributed by atoms with E-state index in [1.807, 2.05) is 0 Å². The van der Waals surface area contributed by atoms with Crippen molar-refractivity contribution in [2.24, 2.45) is 5.73 Å². The number of pyridine rings is 1. The van der Waals surface area contributed by atoms with E-state index >= 15 is 0 Å². The first-order valence-corrected chi connectivity index (χ1v) is 8.69. The van der Waals surface area contributed by atoms with Crippen LogP contribution in [0.4, 0.5) is 8.78 Å². The van der Waals surface area contributed by atoms with Crippen molar-refractivity contribution >= 4 is 23.8 Å². The maximum Gasteiger partial charge on any atom is 0.257 e. The Balaban J connectivity index is 2.02. The number of aldehydes is 1. The van der Waals surface area contributed by atoms with Crippen LogP contribution in [0.5, 0.6) is 5.75 Å². The molecule has 148 valence electrons. The fourth-order valence-electron chi connectivity index (χ4n) is 3.44. The molecule has 0 saturated carbocycles. The SMILES string of the molecule is C[C@H]1C[C@H](N)c2c(C(=O)NCc3ccc(F)c(Cl)c3F)c(=O)c(O)c(C=O)n21. The third-order valence-electron chi connectivity index (χ3n) is 4.74. The van der Waals surface area contributed by atoms with Gasteiger partial charge in [-0.1, -0.05) is 17.7 Å². The average molecular weight is 412 g/mol. The molecule has 1 aliphatic heterocycles. The molecule has 10 heteroatoms. The molecule has 7 nitrogen and oxygen atoms in total. The lowest BCUT2D eigenvalue weighted by molar-refractivity contribution is 0.0945. The third kappa shape index (κ3) is 3.06. The number of benzene rings is 1. The van der Waals surface area contributed by atoms with Crippen molar-refractivity contribution in [2.75, 3.05) is 0 Å². The van der Waals surface area contributed by atoms with Gasteiger partial charge < -0.3 is 20.7 Å². The van der Waals surface area contributed by atoms with Crippen LogP contribution in [0.25, 0.3) is 0 Å². The molecule has 0 fully saturated rings. The molecule has 28 heavy (non-hydrogen) atoms. The van der Waals surface area contributed by atoms with E-state index in [0.717, 1.165) is 12.1 Å². The second-order valence-corrected chi connectivity index (χ2v) is 6.90. The van der Waals surface area contributed by atoms with Gasteiger partial charge in [0, 0.05) is 24.2 Å². The first-order valence-electron chi connectivity index (χ1n) is 8.31. The summed E-state index contributed by atoms with van der Waals surface area (Å²) in [6, 6.07) is 1.02. The molecule has 1 aromatic carbocycles. The minimum absolute atomic E-state index is 0.0945. The molecule has 4 N–H and O–H groups in total. The van der Waals surface area contributed by atoms with Crippen molar-refractivity contribution in [3.63, 3.8) is 0 Å². The van der Waals surface area contributed by atoms with Crippen LogP contribution in [0.3, 0.4) is 0 Å². The van der Waals surface area contributed by atoms with Crippen LogP contribution in [-0.4, -0.2) is 21.9 Å². The van der Waals surface area contributed by atoms with Gasteiger partial charge in [0.15, 0.2) is 12.0 Å². The fraction of sp³-hybridized carbons (Fsp3) is 0.278. The summed E-state index contributed by atoms with van der Waals surface area (Å²) in [4.78, 5) is 36.5. The Morgan fingerprint density at radius 3 is 2.79 bits per heavy atom. The van der Waals surface area contributed by atoms with Crippen molar-refractivity contribution in [1.29, 1.82) is 0 Å². The maximum atomic E-state index is 14.0. The maximum absolute atomic E-state index is 14.0. The number of carbonyl (C=O) groups excluding carboxylic acids is 2. The Hall–Kier alpha value is -2.78. The highest BCUT2D eigenvalue weighted by Crippen LogP contribution is 2.36. The van der Waals surface area contributed by atoms with Crippen LogP contribution in [0.15, 0.2) is 16.9 Å². The highest BCUT2D eigenvalue weighted by atomic mass is 35.5. The van der Waals surface area contributed by atoms with Crippen molar-refractivity contribution in [1.82, 2.24) is 9.88 Å². The number of halogens is 3. The van der Waals surface area contributed by atoms with Gasteiger partial charge in [-0.2, -0.15) is 0 Å². The van der Waals surface area contributed by atoms with Crippen LogP contribution < -0.4 is 16.5 Å². The minimum Gasteiger partial charge on any atom is -0.503 e. The zero-order valence-corrected chi connectivity index (χ0v) is 15.4. The van der Waals surface area contributed by atoms with E-state index < -0.39 is 45.3 Å². The second-order valence-electron chi connectivity index (χ2n) is 6.52. The van der Waals surface area contributed by atoms with Crippen molar-refractivity contribution < 1.29 is 23.5 Å². The summed E-state index contributed by atoms with van der Waals surface area (Å²) in [5.41, 5.74) is 4.33. The van der Waals surface area contributed by atoms with Gasteiger partial charge in [0.25, 0.3) is 5.91 Å². The lowest BCUT2D eigenvalue weighted by Crippen LogP contribution is -2.33. The lowest BCUT2D eigenvalue weighted by atomic mass is 10.0. The summed E-state index contributed by atoms with van der Waals surface area (Å²) in [5, 5.41) is 11.7. The van der Waals surface area contributed by atoms with Gasteiger partial charge in [0.05, 0.1) is 5.69 Å². The molecule has 0 aliphatic carbocycles. The largest absolute Gasteiger partial charge is 0.503 e. The number of nitrogens with zero attached hydrogens (tertiary/aromatic N) is 1. The van der Waals surface area contributed by atoms with Crippen molar-refractivity contribution in [2.45, 2.75) is 32.0 Å². The number of hydrogen-bond acceptors (Lipinski definition) is 5. The lowest BCUT2D eigenvalue weighted by Gasteiger charge is -2.18. The van der Waals surface area contributed by atoms with E-state index in [1.54, 1.807) is 6.92 Å². The van der Waals surface area contributed by atoms with E-state index in [0.29, 0.717) is 12.7 Å². The van der Waals surface area contributed by atoms with Crippen LogP contribution in [0.1, 0.15) is 57.5 Å². The van der Waals surface area contributed by atoms with Gasteiger partial charge in [-0.25, -0.2) is 8.78 Å². The Bertz CT molecular complexity index is 1050. The van der Waals surface area contributed by atoms with Gasteiger partial charge in [-0.3, -0.25) is 14.4 Å². The number of aromatic nitrogens is 1. The summed E-state index contributed by atoms with van der Waals surface area (Å²) < 4.78 is 28.6.